The number of nitrogens with one attached hydrogen (secondary N) is 1. The lowest BCUT2D eigenvalue weighted by Gasteiger charge is -2.06. The predicted octanol–water partition coefficient (Wildman–Crippen LogP) is -0.0916. The molecule has 10 heteroatoms. The van der Waals surface area contributed by atoms with E-state index in [-0.39, 0.29) is 0 Å². The lowest BCUT2D eigenvalue weighted by molar-refractivity contribution is -0.384. The number of nitrogens with zero attached hydrogens (tertiary/aromatic N) is 1. The Bertz CT molecular complexity index is 581. The molecule has 92 valence electrons. The summed E-state index contributed by atoms with van der Waals surface area (Å²) < 4.78 is 23.2. The van der Waals surface area contributed by atoms with Gasteiger partial charge in [0.15, 0.2) is 0 Å². The van der Waals surface area contributed by atoms with Gasteiger partial charge in [-0.2, -0.15) is 8.42 Å². The SMILES string of the molecule is NS(=O)(=O)Nc1cc([N+](=O)[O-])ccc1C(=O)O. The van der Waals surface area contributed by atoms with E-state index in [1.165, 1.54) is 0 Å². The number of aromatic carboxylic acids is 1. The van der Waals surface area contributed by atoms with Gasteiger partial charge in [-0.3, -0.25) is 14.8 Å². The van der Waals surface area contributed by atoms with Crippen molar-refractivity contribution in [3.8, 4) is 0 Å². The zero-order valence-electron chi connectivity index (χ0n) is 8.15. The number of nitro groups is 1. The lowest BCUT2D eigenvalue weighted by atomic mass is 10.1. The molecule has 9 nitrogen and oxygen atoms in total. The number of carbonyl (C=O) groups is 1. The minimum atomic E-state index is -4.21. The van der Waals surface area contributed by atoms with Gasteiger partial charge in [0.25, 0.3) is 15.9 Å². The second-order valence-corrected chi connectivity index (χ2v) is 4.23. The number of carboxylic acids is 1. The average Bonchev–Trinajstić information content (AvgIpc) is 2.14. The topological polar surface area (TPSA) is 153 Å². The van der Waals surface area contributed by atoms with Gasteiger partial charge in [-0.1, -0.05) is 0 Å². The Labute approximate surface area is 95.2 Å². The molecule has 1 rings (SSSR count). The zero-order valence-corrected chi connectivity index (χ0v) is 8.97. The van der Waals surface area contributed by atoms with Crippen LogP contribution in [0.5, 0.6) is 0 Å². The molecule has 0 aliphatic heterocycles. The van der Waals surface area contributed by atoms with Crippen molar-refractivity contribution >= 4 is 27.6 Å². The summed E-state index contributed by atoms with van der Waals surface area (Å²) in [6.45, 7) is 0. The average molecular weight is 261 g/mol. The first-order valence-electron chi connectivity index (χ1n) is 4.03. The number of non-ortho nitro benzene ring substituents is 1. The molecule has 0 radical (unpaired) electrons. The van der Waals surface area contributed by atoms with Crippen molar-refractivity contribution < 1.29 is 23.2 Å². The Kier molecular flexibility index (Phi) is 3.29. The maximum absolute atomic E-state index is 10.8. The van der Waals surface area contributed by atoms with E-state index >= 15 is 0 Å². The summed E-state index contributed by atoms with van der Waals surface area (Å²) in [6, 6.07) is 2.62. The van der Waals surface area contributed by atoms with Crippen molar-refractivity contribution in [2.75, 3.05) is 4.72 Å². The molecule has 17 heavy (non-hydrogen) atoms. The molecule has 4 N–H and O–H groups in total. The van der Waals surface area contributed by atoms with Crippen molar-refractivity contribution in [2.24, 2.45) is 5.14 Å². The minimum absolute atomic E-state index is 0.440. The van der Waals surface area contributed by atoms with Gasteiger partial charge in [0.2, 0.25) is 0 Å². The van der Waals surface area contributed by atoms with Crippen LogP contribution in [0, 0.1) is 10.1 Å². The third kappa shape index (κ3) is 3.39. The molecule has 0 saturated heterocycles. The van der Waals surface area contributed by atoms with Crippen LogP contribution in [0.15, 0.2) is 18.2 Å². The Morgan fingerprint density at radius 2 is 2.06 bits per heavy atom. The number of nitrogens with two attached hydrogens (primary N) is 1. The molecule has 0 spiro atoms. The van der Waals surface area contributed by atoms with E-state index in [0.29, 0.717) is 0 Å². The highest BCUT2D eigenvalue weighted by atomic mass is 32.2. The Hall–Kier alpha value is -2.20. The van der Waals surface area contributed by atoms with Crippen molar-refractivity contribution in [1.82, 2.24) is 0 Å². The smallest absolute Gasteiger partial charge is 0.337 e. The van der Waals surface area contributed by atoms with Crippen molar-refractivity contribution in [3.63, 3.8) is 0 Å². The standard InChI is InChI=1S/C7H7N3O6S/c8-17(15,16)9-6-3-4(10(13)14)1-2-5(6)7(11)12/h1-3,9H,(H,11,12)(H2,8,15,16). The molecular formula is C7H7N3O6S. The van der Waals surface area contributed by atoms with E-state index in [1.54, 1.807) is 4.72 Å². The second kappa shape index (κ2) is 4.35. The van der Waals surface area contributed by atoms with Gasteiger partial charge in [-0.25, -0.2) is 9.93 Å². The van der Waals surface area contributed by atoms with Crippen LogP contribution in [0.1, 0.15) is 10.4 Å². The van der Waals surface area contributed by atoms with Crippen LogP contribution in [0.3, 0.4) is 0 Å². The summed E-state index contributed by atoms with van der Waals surface area (Å²) in [7, 11) is -4.21. The molecule has 1 aromatic rings. The lowest BCUT2D eigenvalue weighted by Crippen LogP contribution is -2.23. The van der Waals surface area contributed by atoms with Gasteiger partial charge in [0.05, 0.1) is 16.2 Å². The van der Waals surface area contributed by atoms with Gasteiger partial charge in [0, 0.05) is 12.1 Å². The van der Waals surface area contributed by atoms with Gasteiger partial charge in [-0.15, -0.1) is 0 Å². The third-order valence-electron chi connectivity index (χ3n) is 1.70. The van der Waals surface area contributed by atoms with Gasteiger partial charge < -0.3 is 5.11 Å². The number of hydrogen-bond donors (Lipinski definition) is 3. The molecule has 0 bridgehead atoms. The van der Waals surface area contributed by atoms with Crippen LogP contribution in [0.25, 0.3) is 0 Å². The maximum atomic E-state index is 10.8. The number of anilines is 1. The highest BCUT2D eigenvalue weighted by molar-refractivity contribution is 7.90. The van der Waals surface area contributed by atoms with E-state index in [2.05, 4.69) is 5.14 Å². The summed E-state index contributed by atoms with van der Waals surface area (Å²) in [4.78, 5) is 20.4. The molecular weight excluding hydrogens is 254 g/mol. The number of benzene rings is 1. The van der Waals surface area contributed by atoms with Gasteiger partial charge in [0.1, 0.15) is 0 Å². The molecule has 0 amide bonds. The molecule has 0 fully saturated rings. The Morgan fingerprint density at radius 1 is 1.47 bits per heavy atom. The third-order valence-corrected chi connectivity index (χ3v) is 2.20. The maximum Gasteiger partial charge on any atom is 0.337 e. The second-order valence-electron chi connectivity index (χ2n) is 2.94. The summed E-state index contributed by atoms with van der Waals surface area (Å²) in [5.74, 6) is -1.44. The normalized spacial score (nSPS) is 10.9. The minimum Gasteiger partial charge on any atom is -0.478 e. The first kappa shape index (κ1) is 12.9. The van der Waals surface area contributed by atoms with E-state index in [0.717, 1.165) is 18.2 Å². The zero-order chi connectivity index (χ0) is 13.2. The van der Waals surface area contributed by atoms with E-state index in [1.807, 2.05) is 0 Å². The molecule has 0 saturated carbocycles. The highest BCUT2D eigenvalue weighted by Gasteiger charge is 2.17. The monoisotopic (exact) mass is 261 g/mol. The van der Waals surface area contributed by atoms with Crippen molar-refractivity contribution in [3.05, 3.63) is 33.9 Å². The molecule has 0 aromatic heterocycles. The first-order chi connectivity index (χ1) is 7.70. The summed E-state index contributed by atoms with van der Waals surface area (Å²) in [6.07, 6.45) is 0. The Morgan fingerprint density at radius 3 is 2.47 bits per heavy atom. The fourth-order valence-corrected chi connectivity index (χ4v) is 1.55. The molecule has 0 unspecified atom stereocenters. The van der Waals surface area contributed by atoms with Crippen LogP contribution >= 0.6 is 0 Å². The largest absolute Gasteiger partial charge is 0.478 e. The summed E-state index contributed by atoms with van der Waals surface area (Å²) in [5, 5.41) is 23.9. The summed E-state index contributed by atoms with van der Waals surface area (Å²) >= 11 is 0. The van der Waals surface area contributed by atoms with Gasteiger partial charge in [-0.05, 0) is 6.07 Å². The molecule has 0 aliphatic rings. The fraction of sp³-hybridized carbons (Fsp3) is 0. The Balaban J connectivity index is 3.35. The molecule has 0 atom stereocenters. The molecule has 0 aliphatic carbocycles. The van der Waals surface area contributed by atoms with Crippen LogP contribution < -0.4 is 9.86 Å². The predicted molar refractivity (Wildman–Crippen MR) is 56.8 cm³/mol. The van der Waals surface area contributed by atoms with E-state index in [4.69, 9.17) is 5.11 Å². The number of nitro benzene ring substituents is 1. The molecule has 1 aromatic carbocycles. The van der Waals surface area contributed by atoms with Crippen LogP contribution in [0.2, 0.25) is 0 Å². The fourth-order valence-electron chi connectivity index (χ4n) is 1.07. The quantitative estimate of drug-likeness (QED) is 0.508. The first-order valence-corrected chi connectivity index (χ1v) is 5.57. The van der Waals surface area contributed by atoms with Gasteiger partial charge >= 0.3 is 5.97 Å². The van der Waals surface area contributed by atoms with Crippen LogP contribution in [-0.2, 0) is 10.2 Å². The highest BCUT2D eigenvalue weighted by Crippen LogP contribution is 2.23. The number of hydrogen-bond acceptors (Lipinski definition) is 5. The van der Waals surface area contributed by atoms with Crippen molar-refractivity contribution in [2.45, 2.75) is 0 Å². The van der Waals surface area contributed by atoms with E-state index in [9.17, 15) is 23.3 Å². The van der Waals surface area contributed by atoms with Crippen molar-refractivity contribution in [1.29, 1.82) is 0 Å². The van der Waals surface area contributed by atoms with Crippen LogP contribution in [0.4, 0.5) is 11.4 Å². The number of carboxylic acid groups (broad SMARTS) is 1. The summed E-state index contributed by atoms with van der Waals surface area (Å²) in [5.41, 5.74) is -1.36. The van der Waals surface area contributed by atoms with Crippen LogP contribution in [-0.4, -0.2) is 24.4 Å². The van der Waals surface area contributed by atoms with E-state index < -0.39 is 38.0 Å². The molecule has 0 heterocycles. The number of rotatable bonds is 4.